The Morgan fingerprint density at radius 3 is 2.59 bits per heavy atom. The number of aromatic nitrogens is 1. The first-order chi connectivity index (χ1) is 13.9. The van der Waals surface area contributed by atoms with Gasteiger partial charge in [-0.3, -0.25) is 9.69 Å². The molecule has 0 fully saturated rings. The fourth-order valence-corrected chi connectivity index (χ4v) is 4.67. The molecule has 0 unspecified atom stereocenters. The molecule has 0 N–H and O–H groups in total. The van der Waals surface area contributed by atoms with Crippen molar-refractivity contribution >= 4 is 42.4 Å². The molecule has 1 amide bonds. The summed E-state index contributed by atoms with van der Waals surface area (Å²) in [7, 11) is -3.32. The maximum atomic E-state index is 13.1. The van der Waals surface area contributed by atoms with Crippen molar-refractivity contribution in [1.29, 1.82) is 0 Å². The van der Waals surface area contributed by atoms with Crippen molar-refractivity contribution in [3.63, 3.8) is 0 Å². The third-order valence-electron chi connectivity index (χ3n) is 4.40. The number of hydrogen-bond donors (Lipinski definition) is 0. The van der Waals surface area contributed by atoms with Crippen molar-refractivity contribution in [2.45, 2.75) is 17.9 Å². The molecule has 0 saturated carbocycles. The van der Waals surface area contributed by atoms with Crippen LogP contribution in [0.3, 0.4) is 0 Å². The quantitative estimate of drug-likeness (QED) is 0.464. The van der Waals surface area contributed by atoms with Crippen LogP contribution in [-0.2, 0) is 27.6 Å². The highest BCUT2D eigenvalue weighted by Crippen LogP contribution is 2.32. The number of furan rings is 1. The number of carbonyl (C=O) groups is 1. The summed E-state index contributed by atoms with van der Waals surface area (Å²) >= 11 is 1.28. The van der Waals surface area contributed by atoms with E-state index in [1.807, 2.05) is 30.3 Å². The van der Waals surface area contributed by atoms with Gasteiger partial charge in [0.2, 0.25) is 5.91 Å². The van der Waals surface area contributed by atoms with Gasteiger partial charge in [0.05, 0.1) is 34.3 Å². The van der Waals surface area contributed by atoms with Gasteiger partial charge in [0.25, 0.3) is 0 Å². The summed E-state index contributed by atoms with van der Waals surface area (Å²) in [6, 6.07) is 17.9. The first-order valence-electron chi connectivity index (χ1n) is 8.87. The van der Waals surface area contributed by atoms with Crippen molar-refractivity contribution in [3.8, 4) is 0 Å². The van der Waals surface area contributed by atoms with Gasteiger partial charge >= 0.3 is 0 Å². The third-order valence-corrected chi connectivity index (χ3v) is 6.55. The Balaban J connectivity index is 1.71. The molecule has 0 bridgehead atoms. The van der Waals surface area contributed by atoms with E-state index in [0.717, 1.165) is 5.56 Å². The van der Waals surface area contributed by atoms with Crippen LogP contribution in [-0.4, -0.2) is 25.6 Å². The highest BCUT2D eigenvalue weighted by atomic mass is 32.2. The standard InChI is InChI=1S/C21H18N2O4S2/c1-29(25,26)17-9-10-18-19(13-17)28-21(22-18)23(14-16-8-5-11-27-16)20(24)12-15-6-3-2-4-7-15/h2-11,13H,12,14H2,1H3. The zero-order valence-corrected chi connectivity index (χ0v) is 17.2. The van der Waals surface area contributed by atoms with Gasteiger partial charge in [0.15, 0.2) is 15.0 Å². The Hall–Kier alpha value is -2.97. The lowest BCUT2D eigenvalue weighted by atomic mass is 10.1. The summed E-state index contributed by atoms with van der Waals surface area (Å²) < 4.78 is 29.8. The molecule has 4 rings (SSSR count). The van der Waals surface area contributed by atoms with Crippen LogP contribution < -0.4 is 4.90 Å². The van der Waals surface area contributed by atoms with Gasteiger partial charge in [0, 0.05) is 6.26 Å². The van der Waals surface area contributed by atoms with Crippen LogP contribution in [0.25, 0.3) is 10.2 Å². The minimum atomic E-state index is -3.32. The van der Waals surface area contributed by atoms with Crippen LogP contribution in [0.5, 0.6) is 0 Å². The molecule has 6 nitrogen and oxygen atoms in total. The highest BCUT2D eigenvalue weighted by molar-refractivity contribution is 7.90. The Kier molecular flexibility index (Phi) is 5.21. The van der Waals surface area contributed by atoms with Gasteiger partial charge in [-0.15, -0.1) is 0 Å². The lowest BCUT2D eigenvalue weighted by molar-refractivity contribution is -0.118. The van der Waals surface area contributed by atoms with E-state index in [-0.39, 0.29) is 23.8 Å². The molecule has 8 heteroatoms. The van der Waals surface area contributed by atoms with Crippen molar-refractivity contribution in [3.05, 3.63) is 78.3 Å². The van der Waals surface area contributed by atoms with Gasteiger partial charge < -0.3 is 4.42 Å². The molecule has 2 aromatic heterocycles. The van der Waals surface area contributed by atoms with E-state index in [1.165, 1.54) is 23.7 Å². The predicted octanol–water partition coefficient (Wildman–Crippen LogP) is 4.07. The average molecular weight is 427 g/mol. The lowest BCUT2D eigenvalue weighted by Gasteiger charge is -2.18. The predicted molar refractivity (Wildman–Crippen MR) is 113 cm³/mol. The normalized spacial score (nSPS) is 11.6. The van der Waals surface area contributed by atoms with E-state index in [0.29, 0.717) is 21.1 Å². The van der Waals surface area contributed by atoms with Crippen LogP contribution >= 0.6 is 11.3 Å². The van der Waals surface area contributed by atoms with Gasteiger partial charge in [-0.25, -0.2) is 13.4 Å². The summed E-state index contributed by atoms with van der Waals surface area (Å²) in [6.07, 6.45) is 2.96. The van der Waals surface area contributed by atoms with E-state index in [9.17, 15) is 13.2 Å². The topological polar surface area (TPSA) is 80.5 Å². The molecule has 148 valence electrons. The second-order valence-electron chi connectivity index (χ2n) is 6.62. The fourth-order valence-electron chi connectivity index (χ4n) is 2.93. The second-order valence-corrected chi connectivity index (χ2v) is 9.64. The molecule has 0 aliphatic heterocycles. The number of nitrogens with zero attached hydrogens (tertiary/aromatic N) is 2. The van der Waals surface area contributed by atoms with Crippen LogP contribution in [0.4, 0.5) is 5.13 Å². The summed E-state index contributed by atoms with van der Waals surface area (Å²) in [5, 5.41) is 0.503. The van der Waals surface area contributed by atoms with E-state index >= 15 is 0 Å². The maximum absolute atomic E-state index is 13.1. The van der Waals surface area contributed by atoms with E-state index in [4.69, 9.17) is 4.42 Å². The van der Waals surface area contributed by atoms with E-state index in [1.54, 1.807) is 35.4 Å². The van der Waals surface area contributed by atoms with Gasteiger partial charge in [0.1, 0.15) is 5.76 Å². The SMILES string of the molecule is CS(=O)(=O)c1ccc2nc(N(Cc3ccco3)C(=O)Cc3ccccc3)sc2c1. The first-order valence-corrected chi connectivity index (χ1v) is 11.6. The fraction of sp³-hybridized carbons (Fsp3) is 0.143. The lowest BCUT2D eigenvalue weighted by Crippen LogP contribution is -2.31. The zero-order valence-electron chi connectivity index (χ0n) is 15.6. The number of carbonyl (C=O) groups excluding carboxylic acids is 1. The molecular weight excluding hydrogens is 408 g/mol. The molecule has 0 saturated heterocycles. The first kappa shape index (κ1) is 19.4. The Labute approximate surface area is 172 Å². The molecule has 2 heterocycles. The number of anilines is 1. The number of thiazole rings is 1. The van der Waals surface area contributed by atoms with Crippen LogP contribution in [0.15, 0.2) is 76.2 Å². The molecular formula is C21H18N2O4S2. The van der Waals surface area contributed by atoms with Gasteiger partial charge in [-0.2, -0.15) is 0 Å². The number of hydrogen-bond acceptors (Lipinski definition) is 6. The highest BCUT2D eigenvalue weighted by Gasteiger charge is 2.22. The molecule has 0 aliphatic carbocycles. The molecule has 2 aromatic carbocycles. The molecule has 29 heavy (non-hydrogen) atoms. The van der Waals surface area contributed by atoms with Crippen molar-refractivity contribution < 1.29 is 17.6 Å². The largest absolute Gasteiger partial charge is 0.467 e. The molecule has 0 aliphatic rings. The second kappa shape index (κ2) is 7.81. The number of sulfone groups is 1. The molecule has 0 atom stereocenters. The number of rotatable bonds is 6. The third kappa shape index (κ3) is 4.38. The van der Waals surface area contributed by atoms with E-state index in [2.05, 4.69) is 4.98 Å². The molecule has 4 aromatic rings. The van der Waals surface area contributed by atoms with Crippen LogP contribution in [0, 0.1) is 0 Å². The number of fused-ring (bicyclic) bond motifs is 1. The summed E-state index contributed by atoms with van der Waals surface area (Å²) in [5.74, 6) is 0.525. The smallest absolute Gasteiger partial charge is 0.233 e. The van der Waals surface area contributed by atoms with Crippen molar-refractivity contribution in [1.82, 2.24) is 4.98 Å². The minimum absolute atomic E-state index is 0.116. The Bertz CT molecular complexity index is 1250. The maximum Gasteiger partial charge on any atom is 0.233 e. The summed E-state index contributed by atoms with van der Waals surface area (Å²) in [5.41, 5.74) is 1.55. The van der Waals surface area contributed by atoms with Crippen molar-refractivity contribution in [2.75, 3.05) is 11.2 Å². The van der Waals surface area contributed by atoms with Gasteiger partial charge in [-0.1, -0.05) is 41.7 Å². The number of amides is 1. The number of benzene rings is 2. The van der Waals surface area contributed by atoms with Gasteiger partial charge in [-0.05, 0) is 35.9 Å². The Morgan fingerprint density at radius 1 is 1.10 bits per heavy atom. The van der Waals surface area contributed by atoms with E-state index < -0.39 is 9.84 Å². The monoisotopic (exact) mass is 426 g/mol. The zero-order chi connectivity index (χ0) is 20.4. The summed E-state index contributed by atoms with van der Waals surface area (Å²) in [4.78, 5) is 19.5. The van der Waals surface area contributed by atoms with Crippen LogP contribution in [0.1, 0.15) is 11.3 Å². The molecule has 0 spiro atoms. The Morgan fingerprint density at radius 2 is 1.90 bits per heavy atom. The molecule has 0 radical (unpaired) electrons. The average Bonchev–Trinajstić information content (AvgIpc) is 3.34. The summed E-state index contributed by atoms with van der Waals surface area (Å²) in [6.45, 7) is 0.247. The minimum Gasteiger partial charge on any atom is -0.467 e. The van der Waals surface area contributed by atoms with Crippen LogP contribution in [0.2, 0.25) is 0 Å². The van der Waals surface area contributed by atoms with Crippen molar-refractivity contribution in [2.24, 2.45) is 0 Å².